The van der Waals surface area contributed by atoms with Gasteiger partial charge in [0, 0.05) is 6.42 Å². The number of hydrogen-bond donors (Lipinski definition) is 3. The molecule has 0 radical (unpaired) electrons. The van der Waals surface area contributed by atoms with Crippen LogP contribution in [0.5, 0.6) is 0 Å². The molecule has 0 aliphatic carbocycles. The fourth-order valence-corrected chi connectivity index (χ4v) is 8.10. The van der Waals surface area contributed by atoms with Gasteiger partial charge in [0.25, 0.3) is 0 Å². The van der Waals surface area contributed by atoms with Crippen molar-refractivity contribution < 1.29 is 24.5 Å². The van der Waals surface area contributed by atoms with E-state index < -0.39 is 18.2 Å². The van der Waals surface area contributed by atoms with Crippen LogP contribution < -0.4 is 5.32 Å². The van der Waals surface area contributed by atoms with E-state index in [-0.39, 0.29) is 24.9 Å². The number of unbranched alkanes of at least 4 members (excludes halogenated alkanes) is 30. The molecule has 0 heterocycles. The molecule has 3 unspecified atom stereocenters. The highest BCUT2D eigenvalue weighted by Crippen LogP contribution is 2.18. The average Bonchev–Trinajstić information content (AvgIpc) is 3.25. The molecular weight excluding hydrogens is 755 g/mol. The van der Waals surface area contributed by atoms with E-state index in [1.807, 2.05) is 0 Å². The number of aliphatic hydroxyl groups is 2. The molecule has 3 N–H and O–H groups in total. The standard InChI is InChI=1S/C55H103NO5/c1-4-7-10-13-16-19-22-24-26-27-29-31-33-36-39-42-45-48-55(60)61-51(46-43-40-37-34-32-30-28-25-23-20-17-14-11-8-5-2)49-54(59)56-52(50-57)53(58)47-44-41-38-35-21-18-15-12-9-6-3/h16,19,24-26,28,51-53,57-58H,4-15,17-18,20-23,27,29-50H2,1-3H3,(H,56,59)/b19-16-,26-24-,28-25+. The Kier molecular flexibility index (Phi) is 47.6. The molecule has 0 aromatic carbocycles. The Morgan fingerprint density at radius 1 is 0.475 bits per heavy atom. The number of esters is 1. The predicted octanol–water partition coefficient (Wildman–Crippen LogP) is 16.1. The Labute approximate surface area is 379 Å². The third-order valence-corrected chi connectivity index (χ3v) is 12.2. The summed E-state index contributed by atoms with van der Waals surface area (Å²) in [6.07, 6.45) is 57.7. The number of aliphatic hydroxyl groups excluding tert-OH is 2. The summed E-state index contributed by atoms with van der Waals surface area (Å²) in [7, 11) is 0. The van der Waals surface area contributed by atoms with Gasteiger partial charge in [-0.1, -0.05) is 218 Å². The lowest BCUT2D eigenvalue weighted by Crippen LogP contribution is -2.46. The van der Waals surface area contributed by atoms with Crippen molar-refractivity contribution in [3.05, 3.63) is 36.5 Å². The number of ether oxygens (including phenoxy) is 1. The molecule has 0 aliphatic heterocycles. The van der Waals surface area contributed by atoms with Crippen LogP contribution in [-0.2, 0) is 14.3 Å². The number of rotatable bonds is 48. The first-order chi connectivity index (χ1) is 30.0. The van der Waals surface area contributed by atoms with Gasteiger partial charge < -0.3 is 20.3 Å². The summed E-state index contributed by atoms with van der Waals surface area (Å²) in [6, 6.07) is -0.703. The van der Waals surface area contributed by atoms with Crippen molar-refractivity contribution in [2.24, 2.45) is 0 Å². The highest BCUT2D eigenvalue weighted by Gasteiger charge is 2.24. The van der Waals surface area contributed by atoms with Crippen LogP contribution in [0.3, 0.4) is 0 Å². The molecule has 0 aromatic rings. The quantitative estimate of drug-likeness (QED) is 0.0322. The molecule has 3 atom stereocenters. The van der Waals surface area contributed by atoms with Crippen LogP contribution in [0.1, 0.15) is 278 Å². The molecule has 0 bridgehead atoms. The molecule has 6 nitrogen and oxygen atoms in total. The van der Waals surface area contributed by atoms with Gasteiger partial charge in [-0.25, -0.2) is 0 Å². The lowest BCUT2D eigenvalue weighted by Gasteiger charge is -2.24. The van der Waals surface area contributed by atoms with E-state index in [0.717, 1.165) is 77.0 Å². The molecule has 1 amide bonds. The average molecular weight is 858 g/mol. The summed E-state index contributed by atoms with van der Waals surface area (Å²) in [5, 5.41) is 23.7. The van der Waals surface area contributed by atoms with Crippen LogP contribution in [0.4, 0.5) is 0 Å². The van der Waals surface area contributed by atoms with Gasteiger partial charge in [0.1, 0.15) is 6.10 Å². The molecule has 358 valence electrons. The monoisotopic (exact) mass is 858 g/mol. The zero-order valence-electron chi connectivity index (χ0n) is 40.8. The summed E-state index contributed by atoms with van der Waals surface area (Å²) >= 11 is 0. The maximum Gasteiger partial charge on any atom is 0.306 e. The van der Waals surface area contributed by atoms with Gasteiger partial charge in [-0.2, -0.15) is 0 Å². The number of amides is 1. The van der Waals surface area contributed by atoms with Gasteiger partial charge in [0.2, 0.25) is 5.91 Å². The second-order valence-electron chi connectivity index (χ2n) is 18.3. The van der Waals surface area contributed by atoms with Crippen molar-refractivity contribution >= 4 is 11.9 Å². The predicted molar refractivity (Wildman–Crippen MR) is 264 cm³/mol. The van der Waals surface area contributed by atoms with Gasteiger partial charge in [-0.15, -0.1) is 0 Å². The van der Waals surface area contributed by atoms with E-state index in [2.05, 4.69) is 62.5 Å². The number of allylic oxidation sites excluding steroid dienone is 6. The SMILES string of the molecule is CCCCC/C=C\C/C=C\CCCCCCCCCC(=O)OC(CCCCCCC/C=C/CCCCCCCC)CC(=O)NC(CO)C(O)CCCCCCCCCCCC. The third kappa shape index (κ3) is 44.5. The molecule has 0 aliphatic rings. The van der Waals surface area contributed by atoms with Gasteiger partial charge in [0.15, 0.2) is 0 Å². The smallest absolute Gasteiger partial charge is 0.306 e. The second-order valence-corrected chi connectivity index (χ2v) is 18.3. The summed E-state index contributed by atoms with van der Waals surface area (Å²) in [6.45, 7) is 6.45. The van der Waals surface area contributed by atoms with Crippen LogP contribution >= 0.6 is 0 Å². The first kappa shape index (κ1) is 59.1. The zero-order valence-corrected chi connectivity index (χ0v) is 40.8. The van der Waals surface area contributed by atoms with E-state index in [4.69, 9.17) is 4.74 Å². The summed E-state index contributed by atoms with van der Waals surface area (Å²) in [5.41, 5.74) is 0. The Bertz CT molecular complexity index is 1010. The molecule has 61 heavy (non-hydrogen) atoms. The minimum absolute atomic E-state index is 0.0710. The van der Waals surface area contributed by atoms with Crippen LogP contribution in [0.2, 0.25) is 0 Å². The van der Waals surface area contributed by atoms with Crippen molar-refractivity contribution in [2.75, 3.05) is 6.61 Å². The first-order valence-electron chi connectivity index (χ1n) is 26.7. The van der Waals surface area contributed by atoms with Crippen molar-refractivity contribution in [2.45, 2.75) is 296 Å². The van der Waals surface area contributed by atoms with Crippen LogP contribution in [0, 0.1) is 0 Å². The normalized spacial score (nSPS) is 13.5. The van der Waals surface area contributed by atoms with Crippen molar-refractivity contribution in [1.29, 1.82) is 0 Å². The number of hydrogen-bond acceptors (Lipinski definition) is 5. The fraction of sp³-hybridized carbons (Fsp3) is 0.855. The van der Waals surface area contributed by atoms with Crippen molar-refractivity contribution in [1.82, 2.24) is 5.32 Å². The maximum atomic E-state index is 13.2. The number of nitrogens with one attached hydrogen (secondary N) is 1. The van der Waals surface area contributed by atoms with E-state index in [1.54, 1.807) is 0 Å². The summed E-state index contributed by atoms with van der Waals surface area (Å²) < 4.78 is 5.94. The minimum Gasteiger partial charge on any atom is -0.462 e. The Hall–Kier alpha value is -1.92. The summed E-state index contributed by atoms with van der Waals surface area (Å²) in [4.78, 5) is 26.2. The van der Waals surface area contributed by atoms with E-state index in [9.17, 15) is 19.8 Å². The second kappa shape index (κ2) is 49.1. The molecule has 0 saturated heterocycles. The maximum absolute atomic E-state index is 13.2. The minimum atomic E-state index is -0.788. The van der Waals surface area contributed by atoms with Gasteiger partial charge in [0.05, 0.1) is 25.2 Å². The number of carbonyl (C=O) groups is 2. The molecule has 0 rings (SSSR count). The Morgan fingerprint density at radius 2 is 0.836 bits per heavy atom. The first-order valence-corrected chi connectivity index (χ1v) is 26.7. The van der Waals surface area contributed by atoms with Crippen LogP contribution in [0.15, 0.2) is 36.5 Å². The van der Waals surface area contributed by atoms with E-state index >= 15 is 0 Å². The Balaban J connectivity index is 4.57. The molecular formula is C55H103NO5. The fourth-order valence-electron chi connectivity index (χ4n) is 8.10. The summed E-state index contributed by atoms with van der Waals surface area (Å²) in [5.74, 6) is -0.482. The van der Waals surface area contributed by atoms with Crippen molar-refractivity contribution in [3.8, 4) is 0 Å². The highest BCUT2D eigenvalue weighted by atomic mass is 16.5. The van der Waals surface area contributed by atoms with Gasteiger partial charge in [-0.05, 0) is 83.5 Å². The van der Waals surface area contributed by atoms with Crippen LogP contribution in [-0.4, -0.2) is 46.9 Å². The molecule has 0 aromatic heterocycles. The van der Waals surface area contributed by atoms with E-state index in [1.165, 1.54) is 154 Å². The Morgan fingerprint density at radius 3 is 1.30 bits per heavy atom. The third-order valence-electron chi connectivity index (χ3n) is 12.2. The number of carbonyl (C=O) groups excluding carboxylic acids is 2. The lowest BCUT2D eigenvalue weighted by molar-refractivity contribution is -0.151. The highest BCUT2D eigenvalue weighted by molar-refractivity contribution is 5.77. The van der Waals surface area contributed by atoms with Crippen LogP contribution in [0.25, 0.3) is 0 Å². The largest absolute Gasteiger partial charge is 0.462 e. The molecule has 6 heteroatoms. The van der Waals surface area contributed by atoms with Crippen molar-refractivity contribution in [3.63, 3.8) is 0 Å². The molecule has 0 fully saturated rings. The molecule has 0 saturated carbocycles. The topological polar surface area (TPSA) is 95.9 Å². The van der Waals surface area contributed by atoms with Gasteiger partial charge >= 0.3 is 5.97 Å². The lowest BCUT2D eigenvalue weighted by atomic mass is 10.0. The van der Waals surface area contributed by atoms with E-state index in [0.29, 0.717) is 19.3 Å². The van der Waals surface area contributed by atoms with Gasteiger partial charge in [-0.3, -0.25) is 9.59 Å². The molecule has 0 spiro atoms. The zero-order chi connectivity index (χ0) is 44.5.